The van der Waals surface area contributed by atoms with Crippen molar-refractivity contribution in [2.45, 2.75) is 51.7 Å². The van der Waals surface area contributed by atoms with Gasteiger partial charge in [-0.15, -0.1) is 0 Å². The molecule has 2 aliphatic rings. The standard InChI is InChI=1S/C32H36N4O3/c1-31(2,3)34-30(39)35-19-17-32(18-20-35)28(26-13-11-25(12-14-26)24-7-5-4-6-8-24)36(29(32)38)27-15-9-23(10-16-27)21-33-22-37/h4-16,22,28H,17-21H2,1-3H3,(H,33,37)(H,34,39). The molecular weight excluding hydrogens is 488 g/mol. The van der Waals surface area contributed by atoms with E-state index in [9.17, 15) is 14.4 Å². The van der Waals surface area contributed by atoms with Gasteiger partial charge in [0.25, 0.3) is 0 Å². The second kappa shape index (κ2) is 10.6. The summed E-state index contributed by atoms with van der Waals surface area (Å²) in [6, 6.07) is 26.4. The van der Waals surface area contributed by atoms with Crippen LogP contribution in [0.15, 0.2) is 78.9 Å². The molecule has 202 valence electrons. The Labute approximate surface area is 230 Å². The molecule has 0 aliphatic carbocycles. The van der Waals surface area contributed by atoms with Gasteiger partial charge in [0.05, 0.1) is 11.5 Å². The van der Waals surface area contributed by atoms with Crippen LogP contribution in [0, 0.1) is 5.41 Å². The quantitative estimate of drug-likeness (QED) is 0.340. The summed E-state index contributed by atoms with van der Waals surface area (Å²) in [6.45, 7) is 7.43. The van der Waals surface area contributed by atoms with Crippen LogP contribution >= 0.6 is 0 Å². The summed E-state index contributed by atoms with van der Waals surface area (Å²) in [6.07, 6.45) is 1.92. The predicted octanol–water partition coefficient (Wildman–Crippen LogP) is 5.28. The van der Waals surface area contributed by atoms with E-state index in [0.29, 0.717) is 38.9 Å². The van der Waals surface area contributed by atoms with Crippen LogP contribution in [0.3, 0.4) is 0 Å². The second-order valence-corrected chi connectivity index (χ2v) is 11.6. The highest BCUT2D eigenvalue weighted by molar-refractivity contribution is 6.06. The van der Waals surface area contributed by atoms with Crippen molar-refractivity contribution in [3.8, 4) is 11.1 Å². The number of likely N-dealkylation sites (tertiary alicyclic amines) is 1. The van der Waals surface area contributed by atoms with Crippen molar-refractivity contribution < 1.29 is 14.4 Å². The molecule has 7 heteroatoms. The summed E-state index contributed by atoms with van der Waals surface area (Å²) < 4.78 is 0. The van der Waals surface area contributed by atoms with Crippen molar-refractivity contribution in [3.63, 3.8) is 0 Å². The fourth-order valence-corrected chi connectivity index (χ4v) is 5.81. The van der Waals surface area contributed by atoms with Gasteiger partial charge in [-0.25, -0.2) is 4.79 Å². The van der Waals surface area contributed by atoms with Crippen LogP contribution in [0.25, 0.3) is 11.1 Å². The zero-order valence-corrected chi connectivity index (χ0v) is 22.8. The number of nitrogens with zero attached hydrogens (tertiary/aromatic N) is 2. The van der Waals surface area contributed by atoms with Crippen LogP contribution in [0.4, 0.5) is 10.5 Å². The van der Waals surface area contributed by atoms with Gasteiger partial charge in [-0.2, -0.15) is 0 Å². The number of rotatable bonds is 6. The first-order valence-electron chi connectivity index (χ1n) is 13.5. The molecule has 4 amide bonds. The summed E-state index contributed by atoms with van der Waals surface area (Å²) >= 11 is 0. The van der Waals surface area contributed by atoms with Crippen molar-refractivity contribution in [3.05, 3.63) is 90.0 Å². The molecule has 7 nitrogen and oxygen atoms in total. The lowest BCUT2D eigenvalue weighted by Gasteiger charge is -2.59. The minimum absolute atomic E-state index is 0.0794. The molecule has 2 aliphatic heterocycles. The average molecular weight is 525 g/mol. The first-order valence-corrected chi connectivity index (χ1v) is 13.5. The minimum atomic E-state index is -0.551. The number of urea groups is 1. The number of hydrogen-bond acceptors (Lipinski definition) is 3. The summed E-state index contributed by atoms with van der Waals surface area (Å²) in [7, 11) is 0. The molecule has 1 unspecified atom stereocenters. The second-order valence-electron chi connectivity index (χ2n) is 11.6. The summed E-state index contributed by atoms with van der Waals surface area (Å²) in [5.74, 6) is 0.106. The molecule has 2 N–H and O–H groups in total. The lowest BCUT2D eigenvalue weighted by molar-refractivity contribution is -0.144. The normalized spacial score (nSPS) is 18.4. The van der Waals surface area contributed by atoms with Crippen LogP contribution in [0.2, 0.25) is 0 Å². The van der Waals surface area contributed by atoms with Crippen molar-refractivity contribution in [2.75, 3.05) is 18.0 Å². The predicted molar refractivity (Wildman–Crippen MR) is 153 cm³/mol. The Morgan fingerprint density at radius 1 is 0.923 bits per heavy atom. The van der Waals surface area contributed by atoms with Gasteiger partial charge < -0.3 is 20.4 Å². The van der Waals surface area contributed by atoms with Crippen molar-refractivity contribution in [1.82, 2.24) is 15.5 Å². The Hall–Kier alpha value is -4.13. The van der Waals surface area contributed by atoms with Gasteiger partial charge in [0.2, 0.25) is 12.3 Å². The molecule has 2 saturated heterocycles. The molecule has 5 rings (SSSR count). The average Bonchev–Trinajstić information content (AvgIpc) is 2.94. The number of anilines is 1. The third-order valence-electron chi connectivity index (χ3n) is 7.79. The Kier molecular flexibility index (Phi) is 7.17. The lowest BCUT2D eigenvalue weighted by atomic mass is 9.62. The van der Waals surface area contributed by atoms with E-state index in [1.165, 1.54) is 0 Å². The molecule has 3 aromatic rings. The summed E-state index contributed by atoms with van der Waals surface area (Å²) in [4.78, 5) is 41.2. The number of hydrogen-bond donors (Lipinski definition) is 2. The van der Waals surface area contributed by atoms with E-state index in [0.717, 1.165) is 27.9 Å². The zero-order chi connectivity index (χ0) is 27.6. The van der Waals surface area contributed by atoms with Crippen molar-refractivity contribution >= 4 is 24.0 Å². The van der Waals surface area contributed by atoms with Gasteiger partial charge in [-0.1, -0.05) is 66.7 Å². The third-order valence-corrected chi connectivity index (χ3v) is 7.79. The van der Waals surface area contributed by atoms with E-state index in [1.54, 1.807) is 0 Å². The SMILES string of the molecule is CC(C)(C)NC(=O)N1CCC2(CC1)C(=O)N(c1ccc(CNC=O)cc1)C2c1ccc(-c2ccccc2)cc1. The highest BCUT2D eigenvalue weighted by atomic mass is 16.2. The van der Waals surface area contributed by atoms with E-state index in [-0.39, 0.29) is 23.5 Å². The van der Waals surface area contributed by atoms with Gasteiger partial charge >= 0.3 is 6.03 Å². The zero-order valence-electron chi connectivity index (χ0n) is 22.8. The number of β-lactam (4-membered cyclic amide) rings is 1. The third kappa shape index (κ3) is 5.26. The smallest absolute Gasteiger partial charge is 0.317 e. The number of piperidine rings is 1. The molecule has 3 aromatic carbocycles. The Bertz CT molecular complexity index is 1320. The Balaban J connectivity index is 1.43. The minimum Gasteiger partial charge on any atom is -0.355 e. The molecule has 0 saturated carbocycles. The maximum atomic E-state index is 13.9. The number of carbonyl (C=O) groups excluding carboxylic acids is 3. The molecular formula is C32H36N4O3. The molecule has 1 atom stereocenters. The van der Waals surface area contributed by atoms with Gasteiger partial charge in [0.15, 0.2) is 0 Å². The first-order chi connectivity index (χ1) is 18.7. The van der Waals surface area contributed by atoms with Gasteiger partial charge in [0.1, 0.15) is 0 Å². The van der Waals surface area contributed by atoms with E-state index >= 15 is 0 Å². The molecule has 0 radical (unpaired) electrons. The number of benzene rings is 3. The Morgan fingerprint density at radius 3 is 2.13 bits per heavy atom. The molecule has 2 fully saturated rings. The van der Waals surface area contributed by atoms with Gasteiger partial charge in [-0.05, 0) is 68.0 Å². The van der Waals surface area contributed by atoms with Crippen LogP contribution < -0.4 is 15.5 Å². The number of amides is 4. The Morgan fingerprint density at radius 2 is 1.54 bits per heavy atom. The first kappa shape index (κ1) is 26.5. The fourth-order valence-electron chi connectivity index (χ4n) is 5.81. The van der Waals surface area contributed by atoms with Gasteiger partial charge in [-0.3, -0.25) is 9.59 Å². The van der Waals surface area contributed by atoms with Gasteiger partial charge in [0, 0.05) is 30.9 Å². The van der Waals surface area contributed by atoms with Crippen LogP contribution in [0.1, 0.15) is 50.8 Å². The maximum absolute atomic E-state index is 13.9. The number of nitrogens with one attached hydrogen (secondary N) is 2. The molecule has 0 aromatic heterocycles. The molecule has 2 heterocycles. The largest absolute Gasteiger partial charge is 0.355 e. The lowest BCUT2D eigenvalue weighted by Crippen LogP contribution is -2.67. The molecule has 39 heavy (non-hydrogen) atoms. The molecule has 0 bridgehead atoms. The van der Waals surface area contributed by atoms with E-state index in [4.69, 9.17) is 0 Å². The summed E-state index contributed by atoms with van der Waals surface area (Å²) in [5, 5.41) is 5.73. The molecule has 1 spiro atoms. The van der Waals surface area contributed by atoms with Crippen LogP contribution in [-0.2, 0) is 16.1 Å². The van der Waals surface area contributed by atoms with Crippen LogP contribution in [-0.4, -0.2) is 41.9 Å². The van der Waals surface area contributed by atoms with Crippen molar-refractivity contribution in [2.24, 2.45) is 5.41 Å². The highest BCUT2D eigenvalue weighted by Crippen LogP contribution is 2.57. The topological polar surface area (TPSA) is 81.8 Å². The van der Waals surface area contributed by atoms with E-state index in [1.807, 2.05) is 73.0 Å². The maximum Gasteiger partial charge on any atom is 0.317 e. The monoisotopic (exact) mass is 524 g/mol. The van der Waals surface area contributed by atoms with E-state index < -0.39 is 5.41 Å². The van der Waals surface area contributed by atoms with Crippen molar-refractivity contribution in [1.29, 1.82) is 0 Å². The van der Waals surface area contributed by atoms with Crippen LogP contribution in [0.5, 0.6) is 0 Å². The summed E-state index contributed by atoms with van der Waals surface area (Å²) in [5.41, 5.74) is 4.31. The number of carbonyl (C=O) groups is 3. The van der Waals surface area contributed by atoms with E-state index in [2.05, 4.69) is 47.0 Å². The fraction of sp³-hybridized carbons (Fsp3) is 0.344. The highest BCUT2D eigenvalue weighted by Gasteiger charge is 2.62.